The predicted molar refractivity (Wildman–Crippen MR) is 68.4 cm³/mol. The summed E-state index contributed by atoms with van der Waals surface area (Å²) >= 11 is 0. The van der Waals surface area contributed by atoms with Crippen LogP contribution in [0.1, 0.15) is 25.7 Å². The molecule has 0 aromatic carbocycles. The summed E-state index contributed by atoms with van der Waals surface area (Å²) in [5.41, 5.74) is 0. The van der Waals surface area contributed by atoms with Crippen molar-refractivity contribution in [2.75, 3.05) is 32.8 Å². The molecule has 3 aliphatic heterocycles. The molecular weight excluding hydrogens is 230 g/mol. The Kier molecular flexibility index (Phi) is 3.82. The van der Waals surface area contributed by atoms with E-state index in [0.29, 0.717) is 25.2 Å². The Labute approximate surface area is 108 Å². The fourth-order valence-corrected chi connectivity index (χ4v) is 3.43. The van der Waals surface area contributed by atoms with Crippen molar-refractivity contribution in [2.45, 2.75) is 43.9 Å². The normalized spacial score (nSPS) is 37.2. The van der Waals surface area contributed by atoms with Gasteiger partial charge in [-0.15, -0.1) is 0 Å². The number of nitrogens with one attached hydrogen (secondary N) is 2. The van der Waals surface area contributed by atoms with Crippen LogP contribution in [-0.4, -0.2) is 61.8 Å². The molecule has 3 rings (SSSR count). The van der Waals surface area contributed by atoms with E-state index in [9.17, 15) is 4.79 Å². The Balaban J connectivity index is 1.54. The third-order valence-electron chi connectivity index (χ3n) is 4.40. The molecule has 3 atom stereocenters. The molecule has 0 aliphatic carbocycles. The van der Waals surface area contributed by atoms with Crippen molar-refractivity contribution < 1.29 is 9.53 Å². The zero-order chi connectivity index (χ0) is 12.4. The number of ether oxygens (including phenoxy) is 1. The van der Waals surface area contributed by atoms with Crippen molar-refractivity contribution in [2.24, 2.45) is 0 Å². The molecule has 102 valence electrons. The number of carbonyl (C=O) groups excluding carboxylic acids is 1. The second kappa shape index (κ2) is 5.55. The van der Waals surface area contributed by atoms with Gasteiger partial charge in [-0.2, -0.15) is 0 Å². The van der Waals surface area contributed by atoms with Crippen LogP contribution in [0.3, 0.4) is 0 Å². The van der Waals surface area contributed by atoms with Crippen molar-refractivity contribution in [3.05, 3.63) is 0 Å². The van der Waals surface area contributed by atoms with E-state index >= 15 is 0 Å². The number of nitrogens with zero attached hydrogens (tertiary/aromatic N) is 1. The molecule has 3 fully saturated rings. The summed E-state index contributed by atoms with van der Waals surface area (Å²) in [5, 5.41) is 6.40. The first kappa shape index (κ1) is 12.4. The van der Waals surface area contributed by atoms with E-state index in [4.69, 9.17) is 4.74 Å². The number of piperidine rings is 1. The maximum Gasteiger partial charge on any atom is 0.250 e. The molecule has 5 heteroatoms. The Bertz CT molecular complexity index is 305. The molecule has 18 heavy (non-hydrogen) atoms. The summed E-state index contributed by atoms with van der Waals surface area (Å²) in [6, 6.07) is 0.905. The van der Waals surface area contributed by atoms with Gasteiger partial charge in [0.25, 0.3) is 5.91 Å². The zero-order valence-corrected chi connectivity index (χ0v) is 10.9. The Morgan fingerprint density at radius 3 is 3.06 bits per heavy atom. The molecule has 3 saturated heterocycles. The van der Waals surface area contributed by atoms with Crippen molar-refractivity contribution in [1.29, 1.82) is 0 Å². The van der Waals surface area contributed by atoms with Gasteiger partial charge >= 0.3 is 0 Å². The van der Waals surface area contributed by atoms with Crippen LogP contribution in [0, 0.1) is 0 Å². The number of hydrogen-bond donors (Lipinski definition) is 2. The second-order valence-electron chi connectivity index (χ2n) is 5.57. The highest BCUT2D eigenvalue weighted by atomic mass is 16.5. The predicted octanol–water partition coefficient (Wildman–Crippen LogP) is -0.282. The zero-order valence-electron chi connectivity index (χ0n) is 10.9. The van der Waals surface area contributed by atoms with E-state index in [-0.39, 0.29) is 12.0 Å². The third-order valence-corrected chi connectivity index (χ3v) is 4.40. The summed E-state index contributed by atoms with van der Waals surface area (Å²) in [6.07, 6.45) is 4.64. The summed E-state index contributed by atoms with van der Waals surface area (Å²) in [7, 11) is 0. The SMILES string of the molecule is O=C(NC1CCN2CCCCC12)C1CNCCO1. The molecule has 0 saturated carbocycles. The van der Waals surface area contributed by atoms with E-state index in [1.807, 2.05) is 0 Å². The minimum Gasteiger partial charge on any atom is -0.366 e. The van der Waals surface area contributed by atoms with Crippen LogP contribution in [0.5, 0.6) is 0 Å². The lowest BCUT2D eigenvalue weighted by Crippen LogP contribution is -2.53. The lowest BCUT2D eigenvalue weighted by molar-refractivity contribution is -0.135. The van der Waals surface area contributed by atoms with Crippen molar-refractivity contribution in [1.82, 2.24) is 15.5 Å². The van der Waals surface area contributed by atoms with E-state index in [0.717, 1.165) is 19.5 Å². The largest absolute Gasteiger partial charge is 0.366 e. The summed E-state index contributed by atoms with van der Waals surface area (Å²) in [4.78, 5) is 14.7. The van der Waals surface area contributed by atoms with Crippen LogP contribution in [0.15, 0.2) is 0 Å². The molecule has 1 amide bonds. The third kappa shape index (κ3) is 2.53. The van der Waals surface area contributed by atoms with Crippen LogP contribution < -0.4 is 10.6 Å². The summed E-state index contributed by atoms with van der Waals surface area (Å²) in [6.45, 7) is 4.48. The monoisotopic (exact) mass is 253 g/mol. The molecule has 0 spiro atoms. The van der Waals surface area contributed by atoms with Crippen LogP contribution in [0.4, 0.5) is 0 Å². The molecule has 0 bridgehead atoms. The first-order chi connectivity index (χ1) is 8.84. The molecular formula is C13H23N3O2. The molecule has 0 aromatic rings. The van der Waals surface area contributed by atoms with Gasteiger partial charge in [0.15, 0.2) is 0 Å². The molecule has 2 N–H and O–H groups in total. The van der Waals surface area contributed by atoms with Gasteiger partial charge in [0, 0.05) is 31.7 Å². The van der Waals surface area contributed by atoms with Gasteiger partial charge in [-0.3, -0.25) is 9.69 Å². The maximum atomic E-state index is 12.1. The topological polar surface area (TPSA) is 53.6 Å². The lowest BCUT2D eigenvalue weighted by atomic mass is 9.99. The Hall–Kier alpha value is -0.650. The number of fused-ring (bicyclic) bond motifs is 1. The highest BCUT2D eigenvalue weighted by Crippen LogP contribution is 2.27. The van der Waals surface area contributed by atoms with Crippen LogP contribution >= 0.6 is 0 Å². The second-order valence-corrected chi connectivity index (χ2v) is 5.57. The molecule has 3 unspecified atom stereocenters. The van der Waals surface area contributed by atoms with Gasteiger partial charge in [0.2, 0.25) is 0 Å². The fourth-order valence-electron chi connectivity index (χ4n) is 3.43. The first-order valence-electron chi connectivity index (χ1n) is 7.21. The number of rotatable bonds is 2. The first-order valence-corrected chi connectivity index (χ1v) is 7.21. The number of morpholine rings is 1. The van der Waals surface area contributed by atoms with Crippen molar-refractivity contribution in [3.8, 4) is 0 Å². The van der Waals surface area contributed by atoms with E-state index < -0.39 is 0 Å². The minimum absolute atomic E-state index is 0.0691. The number of carbonyl (C=O) groups is 1. The van der Waals surface area contributed by atoms with E-state index in [1.165, 1.54) is 25.8 Å². The summed E-state index contributed by atoms with van der Waals surface area (Å²) < 4.78 is 5.50. The fraction of sp³-hybridized carbons (Fsp3) is 0.923. The lowest BCUT2D eigenvalue weighted by Gasteiger charge is -2.33. The average molecular weight is 253 g/mol. The van der Waals surface area contributed by atoms with Gasteiger partial charge < -0.3 is 15.4 Å². The molecule has 0 radical (unpaired) electrons. The smallest absolute Gasteiger partial charge is 0.250 e. The van der Waals surface area contributed by atoms with Gasteiger partial charge in [0.1, 0.15) is 6.10 Å². The standard InChI is InChI=1S/C13H23N3O2/c17-13(12-9-14-5-8-18-12)15-10-4-7-16-6-2-1-3-11(10)16/h10-12,14H,1-9H2,(H,15,17). The van der Waals surface area contributed by atoms with E-state index in [1.54, 1.807) is 0 Å². The van der Waals surface area contributed by atoms with Crippen molar-refractivity contribution >= 4 is 5.91 Å². The number of hydrogen-bond acceptors (Lipinski definition) is 4. The average Bonchev–Trinajstić information content (AvgIpc) is 2.83. The van der Waals surface area contributed by atoms with Crippen LogP contribution in [0.2, 0.25) is 0 Å². The van der Waals surface area contributed by atoms with Gasteiger partial charge in [-0.25, -0.2) is 0 Å². The van der Waals surface area contributed by atoms with Crippen molar-refractivity contribution in [3.63, 3.8) is 0 Å². The Morgan fingerprint density at radius 1 is 1.28 bits per heavy atom. The molecule has 5 nitrogen and oxygen atoms in total. The van der Waals surface area contributed by atoms with Crippen LogP contribution in [-0.2, 0) is 9.53 Å². The highest BCUT2D eigenvalue weighted by Gasteiger charge is 2.37. The van der Waals surface area contributed by atoms with Gasteiger partial charge in [0.05, 0.1) is 6.61 Å². The van der Waals surface area contributed by atoms with Crippen LogP contribution in [0.25, 0.3) is 0 Å². The maximum absolute atomic E-state index is 12.1. The molecule has 3 aliphatic rings. The molecule has 0 aromatic heterocycles. The van der Waals surface area contributed by atoms with E-state index in [2.05, 4.69) is 15.5 Å². The van der Waals surface area contributed by atoms with Gasteiger partial charge in [-0.1, -0.05) is 6.42 Å². The number of amides is 1. The Morgan fingerprint density at radius 2 is 2.22 bits per heavy atom. The minimum atomic E-state index is -0.295. The highest BCUT2D eigenvalue weighted by molar-refractivity contribution is 5.81. The molecule has 3 heterocycles. The summed E-state index contributed by atoms with van der Waals surface area (Å²) in [5.74, 6) is 0.0691. The van der Waals surface area contributed by atoms with Gasteiger partial charge in [-0.05, 0) is 25.8 Å². The quantitative estimate of drug-likeness (QED) is 0.710.